The third-order valence-electron chi connectivity index (χ3n) is 3.03. The van der Waals surface area contributed by atoms with E-state index in [1.54, 1.807) is 18.3 Å². The van der Waals surface area contributed by atoms with Crippen molar-refractivity contribution in [1.29, 1.82) is 0 Å². The predicted octanol–water partition coefficient (Wildman–Crippen LogP) is 5.19. The van der Waals surface area contributed by atoms with E-state index in [0.717, 1.165) is 17.0 Å². The van der Waals surface area contributed by atoms with Gasteiger partial charge in [-0.25, -0.2) is 9.97 Å². The van der Waals surface area contributed by atoms with Crippen LogP contribution in [-0.4, -0.2) is 22.5 Å². The smallest absolute Gasteiger partial charge is 0.428 e. The summed E-state index contributed by atoms with van der Waals surface area (Å²) in [5.41, 5.74) is 1.02. The van der Waals surface area contributed by atoms with Gasteiger partial charge in [-0.15, -0.1) is 11.3 Å². The number of anilines is 2. The molecule has 2 heterocycles. The topological polar surface area (TPSA) is 47.0 Å². The molecule has 2 aromatic heterocycles. The lowest BCUT2D eigenvalue weighted by atomic mass is 10.3. The molecule has 0 radical (unpaired) electrons. The van der Waals surface area contributed by atoms with E-state index in [1.165, 1.54) is 17.4 Å². The van der Waals surface area contributed by atoms with Crippen LogP contribution in [0.15, 0.2) is 54.0 Å². The lowest BCUT2D eigenvalue weighted by Gasteiger charge is -2.17. The number of nitrogens with zero attached hydrogens (tertiary/aromatic N) is 2. The fourth-order valence-electron chi connectivity index (χ4n) is 1.95. The molecule has 0 fully saturated rings. The Hall–Kier alpha value is -2.68. The number of halogens is 4. The summed E-state index contributed by atoms with van der Waals surface area (Å²) >= 11 is 1.51. The number of hydrogen-bond acceptors (Lipinski definition) is 5. The monoisotopic (exact) mass is 369 g/mol. The van der Waals surface area contributed by atoms with E-state index in [4.69, 9.17) is 0 Å². The van der Waals surface area contributed by atoms with Crippen molar-refractivity contribution < 1.29 is 22.3 Å². The molecule has 0 bridgehead atoms. The number of alkyl halides is 4. The summed E-state index contributed by atoms with van der Waals surface area (Å²) in [5.74, 6) is -0.159. The van der Waals surface area contributed by atoms with Crippen LogP contribution in [0.25, 0.3) is 10.6 Å². The van der Waals surface area contributed by atoms with Crippen molar-refractivity contribution in [2.75, 3.05) is 5.32 Å². The average Bonchev–Trinajstić information content (AvgIpc) is 3.09. The van der Waals surface area contributed by atoms with Crippen LogP contribution < -0.4 is 10.1 Å². The molecule has 4 nitrogen and oxygen atoms in total. The first-order chi connectivity index (χ1) is 11.9. The van der Waals surface area contributed by atoms with Crippen molar-refractivity contribution in [2.45, 2.75) is 12.5 Å². The van der Waals surface area contributed by atoms with Crippen LogP contribution in [0.3, 0.4) is 0 Å². The quantitative estimate of drug-likeness (QED) is 0.608. The standard InChI is InChI=1S/C16H11F4N3OS/c17-14(18)16(19,20)24-11-4-1-3-10(9-11)22-15-21-7-6-12(23-15)13-5-2-8-25-13/h1-9,14H,(H,21,22,23). The molecule has 3 rings (SSSR count). The van der Waals surface area contributed by atoms with E-state index in [9.17, 15) is 17.6 Å². The minimum Gasteiger partial charge on any atom is -0.428 e. The van der Waals surface area contributed by atoms with Crippen molar-refractivity contribution in [1.82, 2.24) is 9.97 Å². The molecule has 0 aliphatic heterocycles. The normalized spacial score (nSPS) is 11.6. The summed E-state index contributed by atoms with van der Waals surface area (Å²) in [4.78, 5) is 9.32. The SMILES string of the molecule is FC(F)C(F)(F)Oc1cccc(Nc2nccc(-c3cccs3)n2)c1. The molecule has 25 heavy (non-hydrogen) atoms. The number of rotatable bonds is 6. The van der Waals surface area contributed by atoms with Gasteiger partial charge < -0.3 is 10.1 Å². The molecule has 0 saturated carbocycles. The molecule has 0 amide bonds. The van der Waals surface area contributed by atoms with E-state index in [-0.39, 0.29) is 5.95 Å². The van der Waals surface area contributed by atoms with E-state index < -0.39 is 18.3 Å². The Labute approximate surface area is 144 Å². The van der Waals surface area contributed by atoms with Crippen molar-refractivity contribution in [3.8, 4) is 16.3 Å². The van der Waals surface area contributed by atoms with Gasteiger partial charge in [0, 0.05) is 18.0 Å². The number of benzene rings is 1. The highest BCUT2D eigenvalue weighted by atomic mass is 32.1. The number of ether oxygens (including phenoxy) is 1. The fraction of sp³-hybridized carbons (Fsp3) is 0.125. The van der Waals surface area contributed by atoms with Crippen LogP contribution in [0.5, 0.6) is 5.75 Å². The molecular weight excluding hydrogens is 358 g/mol. The highest BCUT2D eigenvalue weighted by Crippen LogP contribution is 2.29. The highest BCUT2D eigenvalue weighted by Gasteiger charge is 2.43. The Morgan fingerprint density at radius 1 is 1.12 bits per heavy atom. The van der Waals surface area contributed by atoms with Crippen LogP contribution >= 0.6 is 11.3 Å². The zero-order chi connectivity index (χ0) is 17.9. The van der Waals surface area contributed by atoms with E-state index in [0.29, 0.717) is 11.4 Å². The van der Waals surface area contributed by atoms with E-state index in [2.05, 4.69) is 20.0 Å². The Morgan fingerprint density at radius 3 is 2.68 bits per heavy atom. The van der Waals surface area contributed by atoms with Crippen LogP contribution in [0.2, 0.25) is 0 Å². The predicted molar refractivity (Wildman–Crippen MR) is 86.6 cm³/mol. The second kappa shape index (κ2) is 7.06. The van der Waals surface area contributed by atoms with Gasteiger partial charge in [-0.3, -0.25) is 0 Å². The molecule has 3 aromatic rings. The molecule has 0 atom stereocenters. The Morgan fingerprint density at radius 2 is 1.96 bits per heavy atom. The van der Waals surface area contributed by atoms with Gasteiger partial charge in [-0.05, 0) is 29.6 Å². The molecule has 0 aliphatic carbocycles. The first-order valence-corrected chi connectivity index (χ1v) is 7.91. The first-order valence-electron chi connectivity index (χ1n) is 7.03. The van der Waals surface area contributed by atoms with Crippen molar-refractivity contribution in [3.63, 3.8) is 0 Å². The molecular formula is C16H11F4N3OS. The van der Waals surface area contributed by atoms with Crippen LogP contribution in [-0.2, 0) is 0 Å². The first kappa shape index (κ1) is 17.2. The molecule has 0 saturated heterocycles. The van der Waals surface area contributed by atoms with Gasteiger partial charge in [0.2, 0.25) is 5.95 Å². The summed E-state index contributed by atoms with van der Waals surface area (Å²) in [6, 6.07) is 10.8. The molecule has 0 spiro atoms. The van der Waals surface area contributed by atoms with Gasteiger partial charge in [0.1, 0.15) is 5.75 Å². The molecule has 130 valence electrons. The molecule has 1 aromatic carbocycles. The summed E-state index contributed by atoms with van der Waals surface area (Å²) in [7, 11) is 0. The third kappa shape index (κ3) is 4.24. The van der Waals surface area contributed by atoms with E-state index >= 15 is 0 Å². The third-order valence-corrected chi connectivity index (χ3v) is 3.92. The van der Waals surface area contributed by atoms with Gasteiger partial charge in [0.25, 0.3) is 0 Å². The van der Waals surface area contributed by atoms with Crippen molar-refractivity contribution in [2.24, 2.45) is 0 Å². The van der Waals surface area contributed by atoms with Gasteiger partial charge >= 0.3 is 12.5 Å². The molecule has 9 heteroatoms. The summed E-state index contributed by atoms with van der Waals surface area (Å²) < 4.78 is 54.5. The highest BCUT2D eigenvalue weighted by molar-refractivity contribution is 7.13. The van der Waals surface area contributed by atoms with Crippen LogP contribution in [0.1, 0.15) is 0 Å². The summed E-state index contributed by atoms with van der Waals surface area (Å²) in [6.07, 6.45) is -6.93. The van der Waals surface area contributed by atoms with Gasteiger partial charge in [0.05, 0.1) is 10.6 Å². The lowest BCUT2D eigenvalue weighted by Crippen LogP contribution is -2.33. The number of aromatic nitrogens is 2. The number of nitrogens with one attached hydrogen (secondary N) is 1. The second-order valence-electron chi connectivity index (χ2n) is 4.86. The molecule has 1 N–H and O–H groups in total. The van der Waals surface area contributed by atoms with Crippen LogP contribution in [0, 0.1) is 0 Å². The van der Waals surface area contributed by atoms with Gasteiger partial charge in [-0.2, -0.15) is 17.6 Å². The Bertz CT molecular complexity index is 843. The summed E-state index contributed by atoms with van der Waals surface area (Å²) in [6.45, 7) is 0. The Kier molecular flexibility index (Phi) is 4.84. The fourth-order valence-corrected chi connectivity index (χ4v) is 2.64. The van der Waals surface area contributed by atoms with Crippen molar-refractivity contribution in [3.05, 3.63) is 54.0 Å². The van der Waals surface area contributed by atoms with Crippen LogP contribution in [0.4, 0.5) is 29.2 Å². The molecule has 0 unspecified atom stereocenters. The number of hydrogen-bond donors (Lipinski definition) is 1. The maximum Gasteiger partial charge on any atom is 0.461 e. The van der Waals surface area contributed by atoms with Gasteiger partial charge in [-0.1, -0.05) is 12.1 Å². The summed E-state index contributed by atoms with van der Waals surface area (Å²) in [5, 5.41) is 4.74. The number of thiophene rings is 1. The maximum absolute atomic E-state index is 13.0. The van der Waals surface area contributed by atoms with Gasteiger partial charge in [0.15, 0.2) is 0 Å². The van der Waals surface area contributed by atoms with E-state index in [1.807, 2.05) is 17.5 Å². The average molecular weight is 369 g/mol. The molecule has 0 aliphatic rings. The minimum atomic E-state index is -4.56. The Balaban J connectivity index is 1.78. The zero-order valence-corrected chi connectivity index (χ0v) is 13.3. The van der Waals surface area contributed by atoms with Crippen molar-refractivity contribution >= 4 is 23.0 Å². The zero-order valence-electron chi connectivity index (χ0n) is 12.5. The lowest BCUT2D eigenvalue weighted by molar-refractivity contribution is -0.253. The second-order valence-corrected chi connectivity index (χ2v) is 5.81. The maximum atomic E-state index is 13.0. The minimum absolute atomic E-state index is 0.240. The largest absolute Gasteiger partial charge is 0.461 e.